The van der Waals surface area contributed by atoms with Gasteiger partial charge in [-0.05, 0) is 52.4 Å². The van der Waals surface area contributed by atoms with Crippen molar-refractivity contribution in [2.45, 2.75) is 11.3 Å². The standard InChI is InChI=1S/C20H19N7O3S/c21-14-17-3-7-19(8-4-17)31(29,30)26-11-9-25(10-12-26)20(28)13-16-1-5-18(6-2-16)27-15-22-23-24-27/h1-8,15H,9-13H2. The molecule has 10 nitrogen and oxygen atoms in total. The zero-order valence-corrected chi connectivity index (χ0v) is 17.3. The number of hydrogen-bond acceptors (Lipinski definition) is 7. The highest BCUT2D eigenvalue weighted by molar-refractivity contribution is 7.89. The highest BCUT2D eigenvalue weighted by atomic mass is 32.2. The van der Waals surface area contributed by atoms with Gasteiger partial charge in [-0.25, -0.2) is 13.1 Å². The Bertz CT molecular complexity index is 1190. The molecule has 0 radical (unpaired) electrons. The molecule has 158 valence electrons. The molecule has 3 aromatic rings. The summed E-state index contributed by atoms with van der Waals surface area (Å²) in [6, 6.07) is 15.2. The molecular formula is C20H19N7O3S. The van der Waals surface area contributed by atoms with Gasteiger partial charge in [-0.1, -0.05) is 12.1 Å². The van der Waals surface area contributed by atoms with Gasteiger partial charge < -0.3 is 4.90 Å². The van der Waals surface area contributed by atoms with Crippen LogP contribution < -0.4 is 0 Å². The van der Waals surface area contributed by atoms with Crippen molar-refractivity contribution < 1.29 is 13.2 Å². The second kappa shape index (κ2) is 8.63. The number of piperazine rings is 1. The summed E-state index contributed by atoms with van der Waals surface area (Å²) >= 11 is 0. The monoisotopic (exact) mass is 437 g/mol. The van der Waals surface area contributed by atoms with Crippen LogP contribution in [0.15, 0.2) is 59.8 Å². The largest absolute Gasteiger partial charge is 0.340 e. The van der Waals surface area contributed by atoms with E-state index in [-0.39, 0.29) is 30.3 Å². The number of carbonyl (C=O) groups excluding carboxylic acids is 1. The smallest absolute Gasteiger partial charge is 0.243 e. The number of aromatic nitrogens is 4. The van der Waals surface area contributed by atoms with Gasteiger partial charge in [0.25, 0.3) is 0 Å². The van der Waals surface area contributed by atoms with Crippen molar-refractivity contribution >= 4 is 15.9 Å². The molecule has 1 saturated heterocycles. The fourth-order valence-electron chi connectivity index (χ4n) is 3.36. The highest BCUT2D eigenvalue weighted by Gasteiger charge is 2.30. The Balaban J connectivity index is 1.34. The SMILES string of the molecule is N#Cc1ccc(S(=O)(=O)N2CCN(C(=O)Cc3ccc(-n4cnnn4)cc3)CC2)cc1. The Hall–Kier alpha value is -3.62. The normalized spacial score (nSPS) is 14.9. The third-order valence-corrected chi connectivity index (χ3v) is 7.03. The lowest BCUT2D eigenvalue weighted by atomic mass is 10.1. The van der Waals surface area contributed by atoms with Crippen LogP contribution in [-0.2, 0) is 21.2 Å². The summed E-state index contributed by atoms with van der Waals surface area (Å²) in [6.45, 7) is 1.12. The molecule has 1 fully saturated rings. The molecule has 2 aromatic carbocycles. The van der Waals surface area contributed by atoms with Gasteiger partial charge in [-0.3, -0.25) is 4.79 Å². The topological polar surface area (TPSA) is 125 Å². The molecule has 4 rings (SSSR count). The van der Waals surface area contributed by atoms with Gasteiger partial charge >= 0.3 is 0 Å². The van der Waals surface area contributed by atoms with Crippen LogP contribution in [0.5, 0.6) is 0 Å². The van der Waals surface area contributed by atoms with E-state index in [0.717, 1.165) is 11.3 Å². The first-order valence-electron chi connectivity index (χ1n) is 9.58. The summed E-state index contributed by atoms with van der Waals surface area (Å²) in [5.41, 5.74) is 2.05. The number of benzene rings is 2. The molecule has 31 heavy (non-hydrogen) atoms. The van der Waals surface area contributed by atoms with Gasteiger partial charge in [-0.15, -0.1) is 5.10 Å². The molecular weight excluding hydrogens is 418 g/mol. The maximum Gasteiger partial charge on any atom is 0.243 e. The number of nitriles is 1. The van der Waals surface area contributed by atoms with Crippen molar-refractivity contribution in [2.24, 2.45) is 0 Å². The highest BCUT2D eigenvalue weighted by Crippen LogP contribution is 2.19. The number of amides is 1. The van der Waals surface area contributed by atoms with Crippen molar-refractivity contribution in [3.8, 4) is 11.8 Å². The minimum atomic E-state index is -3.65. The van der Waals surface area contributed by atoms with E-state index in [1.165, 1.54) is 39.6 Å². The molecule has 0 aliphatic carbocycles. The van der Waals surface area contributed by atoms with Gasteiger partial charge in [0.1, 0.15) is 6.33 Å². The predicted molar refractivity (Wildman–Crippen MR) is 109 cm³/mol. The molecule has 0 N–H and O–H groups in total. The van der Waals surface area contributed by atoms with Crippen LogP contribution in [0.3, 0.4) is 0 Å². The van der Waals surface area contributed by atoms with E-state index < -0.39 is 10.0 Å². The fourth-order valence-corrected chi connectivity index (χ4v) is 4.78. The second-order valence-corrected chi connectivity index (χ2v) is 8.96. The Morgan fingerprint density at radius 3 is 2.26 bits per heavy atom. The lowest BCUT2D eigenvalue weighted by molar-refractivity contribution is -0.131. The summed E-state index contributed by atoms with van der Waals surface area (Å²) in [6.07, 6.45) is 1.73. The van der Waals surface area contributed by atoms with Crippen molar-refractivity contribution in [2.75, 3.05) is 26.2 Å². The molecule has 0 saturated carbocycles. The minimum Gasteiger partial charge on any atom is -0.340 e. The number of carbonyl (C=O) groups is 1. The van der Waals surface area contributed by atoms with Gasteiger partial charge in [-0.2, -0.15) is 9.57 Å². The third-order valence-electron chi connectivity index (χ3n) is 5.12. The Morgan fingerprint density at radius 1 is 1.00 bits per heavy atom. The lowest BCUT2D eigenvalue weighted by Crippen LogP contribution is -2.50. The van der Waals surface area contributed by atoms with Crippen LogP contribution in [-0.4, -0.2) is 69.9 Å². The molecule has 11 heteroatoms. The molecule has 1 aliphatic rings. The maximum atomic E-state index is 12.8. The molecule has 2 heterocycles. The first kappa shape index (κ1) is 20.6. The van der Waals surface area contributed by atoms with E-state index in [1.807, 2.05) is 30.3 Å². The minimum absolute atomic E-state index is 0.0504. The van der Waals surface area contributed by atoms with Crippen molar-refractivity contribution in [3.05, 3.63) is 66.0 Å². The molecule has 1 aliphatic heterocycles. The van der Waals surface area contributed by atoms with Crippen LogP contribution in [0.4, 0.5) is 0 Å². The average Bonchev–Trinajstić information content (AvgIpc) is 3.35. The van der Waals surface area contributed by atoms with E-state index in [9.17, 15) is 13.2 Å². The van der Waals surface area contributed by atoms with Gasteiger partial charge in [0.05, 0.1) is 28.6 Å². The number of sulfonamides is 1. The third kappa shape index (κ3) is 4.45. The van der Waals surface area contributed by atoms with Crippen molar-refractivity contribution in [3.63, 3.8) is 0 Å². The summed E-state index contributed by atoms with van der Waals surface area (Å²) in [7, 11) is -3.65. The van der Waals surface area contributed by atoms with Crippen molar-refractivity contribution in [1.82, 2.24) is 29.4 Å². The molecule has 1 amide bonds. The Morgan fingerprint density at radius 2 is 1.68 bits per heavy atom. The van der Waals surface area contributed by atoms with Crippen LogP contribution in [0, 0.1) is 11.3 Å². The first-order chi connectivity index (χ1) is 15.0. The Labute approximate surface area is 179 Å². The molecule has 1 aromatic heterocycles. The Kier molecular flexibility index (Phi) is 5.75. The second-order valence-electron chi connectivity index (χ2n) is 7.02. The molecule has 0 bridgehead atoms. The van der Waals surface area contributed by atoms with E-state index >= 15 is 0 Å². The molecule has 0 spiro atoms. The predicted octanol–water partition coefficient (Wildman–Crippen LogP) is 0.610. The van der Waals surface area contributed by atoms with Crippen molar-refractivity contribution in [1.29, 1.82) is 5.26 Å². The van der Waals surface area contributed by atoms with E-state index in [0.29, 0.717) is 18.7 Å². The summed E-state index contributed by atoms with van der Waals surface area (Å²) < 4.78 is 28.5. The maximum absolute atomic E-state index is 12.8. The number of nitrogens with zero attached hydrogens (tertiary/aromatic N) is 7. The summed E-state index contributed by atoms with van der Waals surface area (Å²) in [5, 5.41) is 19.9. The summed E-state index contributed by atoms with van der Waals surface area (Å²) in [5.74, 6) is -0.0504. The first-order valence-corrected chi connectivity index (χ1v) is 11.0. The van der Waals surface area contributed by atoms with Gasteiger partial charge in [0.2, 0.25) is 15.9 Å². The zero-order valence-electron chi connectivity index (χ0n) is 16.5. The van der Waals surface area contributed by atoms with E-state index in [1.54, 1.807) is 4.90 Å². The zero-order chi connectivity index (χ0) is 21.8. The van der Waals surface area contributed by atoms with E-state index in [4.69, 9.17) is 5.26 Å². The average molecular weight is 437 g/mol. The number of hydrogen-bond donors (Lipinski definition) is 0. The van der Waals surface area contributed by atoms with Crippen LogP contribution in [0.2, 0.25) is 0 Å². The van der Waals surface area contributed by atoms with Crippen LogP contribution in [0.1, 0.15) is 11.1 Å². The van der Waals surface area contributed by atoms with Crippen LogP contribution >= 0.6 is 0 Å². The summed E-state index contributed by atoms with van der Waals surface area (Å²) in [4.78, 5) is 14.5. The van der Waals surface area contributed by atoms with Crippen LogP contribution in [0.25, 0.3) is 5.69 Å². The van der Waals surface area contributed by atoms with E-state index in [2.05, 4.69) is 15.5 Å². The van der Waals surface area contributed by atoms with Gasteiger partial charge in [0, 0.05) is 26.2 Å². The quantitative estimate of drug-likeness (QED) is 0.572. The van der Waals surface area contributed by atoms with Gasteiger partial charge in [0.15, 0.2) is 0 Å². The lowest BCUT2D eigenvalue weighted by Gasteiger charge is -2.34. The molecule has 0 atom stereocenters. The number of rotatable bonds is 5. The fraction of sp³-hybridized carbons (Fsp3) is 0.250. The molecule has 0 unspecified atom stereocenters. The number of tetrazole rings is 1.